The molecule has 0 unspecified atom stereocenters. The third-order valence-corrected chi connectivity index (χ3v) is 10.1. The maximum Gasteiger partial charge on any atom is 0.264 e. The SMILES string of the molecule is Cc1ccc(S(=O)(=O)N(CC(=O)N(CCc2ccccc2)[C@H](C)C(=O)NC2CCCCC2)c2ccc(C(C)C)cc2)cc1. The van der Waals surface area contributed by atoms with Gasteiger partial charge in [-0.25, -0.2) is 8.42 Å². The van der Waals surface area contributed by atoms with Gasteiger partial charge in [-0.2, -0.15) is 0 Å². The van der Waals surface area contributed by atoms with Crippen molar-refractivity contribution >= 4 is 27.5 Å². The van der Waals surface area contributed by atoms with Crippen LogP contribution in [0.25, 0.3) is 0 Å². The molecule has 4 rings (SSSR count). The summed E-state index contributed by atoms with van der Waals surface area (Å²) in [5.41, 5.74) is 3.45. The van der Waals surface area contributed by atoms with Gasteiger partial charge in [0.2, 0.25) is 11.8 Å². The Bertz CT molecular complexity index is 1450. The van der Waals surface area contributed by atoms with Crippen LogP contribution in [0.5, 0.6) is 0 Å². The van der Waals surface area contributed by atoms with Crippen LogP contribution in [0.1, 0.15) is 75.5 Å². The van der Waals surface area contributed by atoms with Gasteiger partial charge in [0, 0.05) is 12.6 Å². The second kappa shape index (κ2) is 14.7. The zero-order valence-corrected chi connectivity index (χ0v) is 26.6. The number of benzene rings is 3. The van der Waals surface area contributed by atoms with Crippen LogP contribution in [0.4, 0.5) is 5.69 Å². The Morgan fingerprint density at radius 3 is 2.09 bits per heavy atom. The molecule has 1 atom stereocenters. The summed E-state index contributed by atoms with van der Waals surface area (Å²) in [5.74, 6) is -0.358. The Labute approximate surface area is 257 Å². The fourth-order valence-corrected chi connectivity index (χ4v) is 6.94. The number of hydrogen-bond donors (Lipinski definition) is 1. The highest BCUT2D eigenvalue weighted by Crippen LogP contribution is 2.27. The van der Waals surface area contributed by atoms with E-state index in [0.29, 0.717) is 12.1 Å². The van der Waals surface area contributed by atoms with Gasteiger partial charge in [-0.15, -0.1) is 0 Å². The molecule has 0 spiro atoms. The molecule has 3 aromatic rings. The van der Waals surface area contributed by atoms with Gasteiger partial charge in [-0.05, 0) is 74.4 Å². The molecule has 3 aromatic carbocycles. The lowest BCUT2D eigenvalue weighted by Gasteiger charge is -2.33. The summed E-state index contributed by atoms with van der Waals surface area (Å²) in [6.45, 7) is 7.64. The number of hydrogen-bond acceptors (Lipinski definition) is 4. The second-order valence-electron chi connectivity index (χ2n) is 11.9. The van der Waals surface area contributed by atoms with Gasteiger partial charge in [0.25, 0.3) is 10.0 Å². The van der Waals surface area contributed by atoms with Crippen molar-refractivity contribution in [3.8, 4) is 0 Å². The molecule has 8 heteroatoms. The summed E-state index contributed by atoms with van der Waals surface area (Å²) in [7, 11) is -4.08. The first-order valence-electron chi connectivity index (χ1n) is 15.4. The largest absolute Gasteiger partial charge is 0.352 e. The van der Waals surface area contributed by atoms with E-state index in [4.69, 9.17) is 0 Å². The van der Waals surface area contributed by atoms with E-state index in [1.165, 1.54) is 15.6 Å². The molecule has 1 saturated carbocycles. The maximum absolute atomic E-state index is 14.1. The lowest BCUT2D eigenvalue weighted by Crippen LogP contribution is -2.53. The third kappa shape index (κ3) is 8.47. The number of carbonyl (C=O) groups excluding carboxylic acids is 2. The fraction of sp³-hybridized carbons (Fsp3) is 0.429. The van der Waals surface area contributed by atoms with Crippen LogP contribution in [0, 0.1) is 6.92 Å². The summed E-state index contributed by atoms with van der Waals surface area (Å²) in [4.78, 5) is 29.2. The minimum Gasteiger partial charge on any atom is -0.352 e. The minimum absolute atomic E-state index is 0.104. The average molecular weight is 604 g/mol. The number of nitrogens with zero attached hydrogens (tertiary/aromatic N) is 2. The van der Waals surface area contributed by atoms with Crippen molar-refractivity contribution in [2.45, 2.75) is 89.1 Å². The van der Waals surface area contributed by atoms with E-state index >= 15 is 0 Å². The van der Waals surface area contributed by atoms with Gasteiger partial charge in [0.1, 0.15) is 12.6 Å². The van der Waals surface area contributed by atoms with Gasteiger partial charge in [-0.1, -0.05) is 93.3 Å². The second-order valence-corrected chi connectivity index (χ2v) is 13.8. The maximum atomic E-state index is 14.1. The van der Waals surface area contributed by atoms with Crippen LogP contribution < -0.4 is 9.62 Å². The third-order valence-electron chi connectivity index (χ3n) is 8.34. The number of rotatable bonds is 12. The van der Waals surface area contributed by atoms with E-state index in [0.717, 1.165) is 42.4 Å². The molecule has 7 nitrogen and oxygen atoms in total. The van der Waals surface area contributed by atoms with Gasteiger partial charge >= 0.3 is 0 Å². The monoisotopic (exact) mass is 603 g/mol. The van der Waals surface area contributed by atoms with Crippen molar-refractivity contribution in [2.24, 2.45) is 0 Å². The van der Waals surface area contributed by atoms with Crippen LogP contribution in [-0.4, -0.2) is 50.3 Å². The van der Waals surface area contributed by atoms with Crippen molar-refractivity contribution in [3.63, 3.8) is 0 Å². The first-order chi connectivity index (χ1) is 20.6. The summed E-state index contributed by atoms with van der Waals surface area (Å²) < 4.78 is 29.3. The smallest absolute Gasteiger partial charge is 0.264 e. The van der Waals surface area contributed by atoms with Crippen molar-refractivity contribution < 1.29 is 18.0 Å². The van der Waals surface area contributed by atoms with Crippen LogP contribution >= 0.6 is 0 Å². The van der Waals surface area contributed by atoms with E-state index in [2.05, 4.69) is 19.2 Å². The quantitative estimate of drug-likeness (QED) is 0.266. The molecule has 1 fully saturated rings. The molecule has 0 aliphatic heterocycles. The fourth-order valence-electron chi connectivity index (χ4n) is 5.53. The summed E-state index contributed by atoms with van der Waals surface area (Å²) in [6, 6.07) is 23.1. The summed E-state index contributed by atoms with van der Waals surface area (Å²) >= 11 is 0. The molecule has 1 aliphatic carbocycles. The first kappa shape index (κ1) is 32.3. The zero-order valence-electron chi connectivity index (χ0n) is 25.8. The Balaban J connectivity index is 1.65. The minimum atomic E-state index is -4.08. The summed E-state index contributed by atoms with van der Waals surface area (Å²) in [6.07, 6.45) is 5.75. The van der Waals surface area contributed by atoms with Gasteiger partial charge in [-0.3, -0.25) is 13.9 Å². The van der Waals surface area contributed by atoms with Crippen molar-refractivity contribution in [1.82, 2.24) is 10.2 Å². The zero-order chi connectivity index (χ0) is 31.0. The molecule has 230 valence electrons. The van der Waals surface area contributed by atoms with E-state index in [1.807, 2.05) is 49.4 Å². The molecule has 0 aromatic heterocycles. The standard InChI is InChI=1S/C35H45N3O4S/c1-26(2)30-17-19-32(20-18-30)38(43(41,42)33-21-15-27(3)16-22-33)25-34(39)37(24-23-29-11-7-5-8-12-29)28(4)35(40)36-31-13-9-6-10-14-31/h5,7-8,11-12,15-22,26,28,31H,6,9-10,13-14,23-25H2,1-4H3,(H,36,40)/t28-/m1/s1. The van der Waals surface area contributed by atoms with Crippen molar-refractivity contribution in [2.75, 3.05) is 17.4 Å². The molecule has 0 bridgehead atoms. The van der Waals surface area contributed by atoms with Gasteiger partial charge in [0.15, 0.2) is 0 Å². The molecule has 1 N–H and O–H groups in total. The number of nitrogens with one attached hydrogen (secondary N) is 1. The van der Waals surface area contributed by atoms with Crippen molar-refractivity contribution in [1.29, 1.82) is 0 Å². The Morgan fingerprint density at radius 2 is 1.49 bits per heavy atom. The normalized spacial score (nSPS) is 14.7. The van der Waals surface area contributed by atoms with Gasteiger partial charge in [0.05, 0.1) is 10.6 Å². The Morgan fingerprint density at radius 1 is 0.860 bits per heavy atom. The van der Waals surface area contributed by atoms with Crippen LogP contribution in [-0.2, 0) is 26.0 Å². The Hall–Kier alpha value is -3.65. The van der Waals surface area contributed by atoms with E-state index in [9.17, 15) is 18.0 Å². The molecular weight excluding hydrogens is 558 g/mol. The average Bonchev–Trinajstić information content (AvgIpc) is 3.01. The highest BCUT2D eigenvalue weighted by atomic mass is 32.2. The predicted octanol–water partition coefficient (Wildman–Crippen LogP) is 6.22. The molecule has 2 amide bonds. The number of aryl methyl sites for hydroxylation is 1. The van der Waals surface area contributed by atoms with Crippen molar-refractivity contribution in [3.05, 3.63) is 95.6 Å². The molecular formula is C35H45N3O4S. The number of carbonyl (C=O) groups is 2. The summed E-state index contributed by atoms with van der Waals surface area (Å²) in [5, 5.41) is 3.15. The van der Waals surface area contributed by atoms with Crippen LogP contribution in [0.2, 0.25) is 0 Å². The molecule has 0 saturated heterocycles. The Kier molecular flexibility index (Phi) is 11.0. The van der Waals surface area contributed by atoms with Crippen LogP contribution in [0.15, 0.2) is 83.8 Å². The number of sulfonamides is 1. The molecule has 0 heterocycles. The molecule has 0 radical (unpaired) electrons. The highest BCUT2D eigenvalue weighted by Gasteiger charge is 2.33. The molecule has 43 heavy (non-hydrogen) atoms. The van der Waals surface area contributed by atoms with E-state index in [-0.39, 0.29) is 29.3 Å². The van der Waals surface area contributed by atoms with Crippen LogP contribution in [0.3, 0.4) is 0 Å². The first-order valence-corrected chi connectivity index (χ1v) is 16.8. The lowest BCUT2D eigenvalue weighted by atomic mass is 9.95. The number of anilines is 1. The van der Waals surface area contributed by atoms with Gasteiger partial charge < -0.3 is 10.2 Å². The van der Waals surface area contributed by atoms with E-state index < -0.39 is 28.5 Å². The predicted molar refractivity (Wildman–Crippen MR) is 173 cm³/mol. The van der Waals surface area contributed by atoms with E-state index in [1.54, 1.807) is 43.3 Å². The topological polar surface area (TPSA) is 86.8 Å². The molecule has 1 aliphatic rings. The number of amides is 2. The highest BCUT2D eigenvalue weighted by molar-refractivity contribution is 7.92. The lowest BCUT2D eigenvalue weighted by molar-refractivity contribution is -0.139.